The molecule has 6 heteroatoms. The van der Waals surface area contributed by atoms with Gasteiger partial charge in [0.25, 0.3) is 0 Å². The highest BCUT2D eigenvalue weighted by Crippen LogP contribution is 2.13. The predicted octanol–water partition coefficient (Wildman–Crippen LogP) is 1.72. The molecule has 1 amide bonds. The summed E-state index contributed by atoms with van der Waals surface area (Å²) in [5.74, 6) is 0.665. The number of hydrogen-bond donors (Lipinski definition) is 3. The molecular formula is C17H17N3O3. The number of methoxy groups -OCH3 is 1. The Morgan fingerprint density at radius 2 is 1.91 bits per heavy atom. The fraction of sp³-hybridized carbons (Fsp3) is 0.176. The molecule has 0 aliphatic carbocycles. The summed E-state index contributed by atoms with van der Waals surface area (Å²) in [5, 5.41) is 2.87. The van der Waals surface area contributed by atoms with E-state index in [9.17, 15) is 9.59 Å². The first-order valence-electron chi connectivity index (χ1n) is 7.24. The van der Waals surface area contributed by atoms with Crippen LogP contribution in [0.3, 0.4) is 0 Å². The lowest BCUT2D eigenvalue weighted by Gasteiger charge is -2.07. The molecule has 0 radical (unpaired) electrons. The molecule has 2 aromatic carbocycles. The van der Waals surface area contributed by atoms with Gasteiger partial charge in [-0.25, -0.2) is 4.79 Å². The predicted molar refractivity (Wildman–Crippen MR) is 87.5 cm³/mol. The van der Waals surface area contributed by atoms with Gasteiger partial charge in [0.15, 0.2) is 0 Å². The standard InChI is InChI=1S/C17H17N3O3/c1-23-13-4-2-3-11(7-13)9-16(21)18-10-12-5-6-14-15(8-12)20-17(22)19-14/h2-8H,9-10H2,1H3,(H,18,21)(H2,19,20,22). The normalized spacial score (nSPS) is 10.7. The lowest BCUT2D eigenvalue weighted by atomic mass is 10.1. The van der Waals surface area contributed by atoms with Crippen molar-refractivity contribution in [3.63, 3.8) is 0 Å². The first-order chi connectivity index (χ1) is 11.1. The molecule has 0 saturated heterocycles. The summed E-state index contributed by atoms with van der Waals surface area (Å²) in [4.78, 5) is 28.7. The minimum Gasteiger partial charge on any atom is -0.497 e. The van der Waals surface area contributed by atoms with Crippen molar-refractivity contribution in [3.05, 3.63) is 64.1 Å². The summed E-state index contributed by atoms with van der Waals surface area (Å²) in [7, 11) is 1.60. The summed E-state index contributed by atoms with van der Waals surface area (Å²) < 4.78 is 5.14. The number of aromatic nitrogens is 2. The Hall–Kier alpha value is -3.02. The molecule has 0 unspecified atom stereocenters. The Balaban J connectivity index is 1.62. The van der Waals surface area contributed by atoms with Crippen LogP contribution >= 0.6 is 0 Å². The number of benzene rings is 2. The van der Waals surface area contributed by atoms with E-state index in [0.29, 0.717) is 13.0 Å². The minimum absolute atomic E-state index is 0.0686. The Kier molecular flexibility index (Phi) is 4.14. The molecule has 1 aromatic heterocycles. The highest BCUT2D eigenvalue weighted by atomic mass is 16.5. The van der Waals surface area contributed by atoms with Gasteiger partial charge in [0.2, 0.25) is 5.91 Å². The van der Waals surface area contributed by atoms with Gasteiger partial charge in [-0.05, 0) is 35.4 Å². The summed E-state index contributed by atoms with van der Waals surface area (Å²) in [6, 6.07) is 13.0. The van der Waals surface area contributed by atoms with Crippen LogP contribution < -0.4 is 15.7 Å². The van der Waals surface area contributed by atoms with Crippen LogP contribution in [-0.2, 0) is 17.8 Å². The number of carbonyl (C=O) groups is 1. The van der Waals surface area contributed by atoms with Crippen LogP contribution in [0.15, 0.2) is 47.3 Å². The molecule has 0 bridgehead atoms. The number of rotatable bonds is 5. The molecule has 0 spiro atoms. The molecule has 0 aliphatic heterocycles. The van der Waals surface area contributed by atoms with Crippen molar-refractivity contribution in [1.29, 1.82) is 0 Å². The average Bonchev–Trinajstić information content (AvgIpc) is 2.92. The van der Waals surface area contributed by atoms with Crippen molar-refractivity contribution >= 4 is 16.9 Å². The van der Waals surface area contributed by atoms with Gasteiger partial charge in [0.05, 0.1) is 24.6 Å². The molecule has 118 valence electrons. The molecule has 3 N–H and O–H groups in total. The number of H-pyrrole nitrogens is 2. The van der Waals surface area contributed by atoms with Crippen LogP contribution in [0.1, 0.15) is 11.1 Å². The van der Waals surface area contributed by atoms with Crippen LogP contribution in [0.4, 0.5) is 0 Å². The van der Waals surface area contributed by atoms with E-state index in [4.69, 9.17) is 4.74 Å². The Bertz CT molecular complexity index is 895. The van der Waals surface area contributed by atoms with Gasteiger partial charge in [-0.3, -0.25) is 4.79 Å². The minimum atomic E-state index is -0.237. The van der Waals surface area contributed by atoms with E-state index in [-0.39, 0.29) is 11.6 Å². The fourth-order valence-corrected chi connectivity index (χ4v) is 2.42. The van der Waals surface area contributed by atoms with Gasteiger partial charge >= 0.3 is 5.69 Å². The van der Waals surface area contributed by atoms with Crippen LogP contribution in [0.5, 0.6) is 5.75 Å². The number of imidazole rings is 1. The average molecular weight is 311 g/mol. The topological polar surface area (TPSA) is 87.0 Å². The number of carbonyl (C=O) groups excluding carboxylic acids is 1. The maximum absolute atomic E-state index is 12.0. The maximum Gasteiger partial charge on any atom is 0.323 e. The molecule has 3 rings (SSSR count). The molecule has 0 saturated carbocycles. The highest BCUT2D eigenvalue weighted by molar-refractivity contribution is 5.79. The van der Waals surface area contributed by atoms with Gasteiger partial charge in [0.1, 0.15) is 5.75 Å². The second-order valence-electron chi connectivity index (χ2n) is 5.26. The van der Waals surface area contributed by atoms with Crippen molar-refractivity contribution < 1.29 is 9.53 Å². The molecule has 6 nitrogen and oxygen atoms in total. The van der Waals surface area contributed by atoms with Crippen molar-refractivity contribution in [2.24, 2.45) is 0 Å². The first kappa shape index (κ1) is 14.9. The quantitative estimate of drug-likeness (QED) is 0.670. The largest absolute Gasteiger partial charge is 0.497 e. The summed E-state index contributed by atoms with van der Waals surface area (Å²) in [6.45, 7) is 0.409. The van der Waals surface area contributed by atoms with E-state index < -0.39 is 0 Å². The number of amides is 1. The van der Waals surface area contributed by atoms with Crippen molar-refractivity contribution in [2.45, 2.75) is 13.0 Å². The van der Waals surface area contributed by atoms with Gasteiger partial charge in [-0.2, -0.15) is 0 Å². The third kappa shape index (κ3) is 3.60. The van der Waals surface area contributed by atoms with E-state index in [2.05, 4.69) is 15.3 Å². The Labute approximate surface area is 132 Å². The number of aromatic amines is 2. The van der Waals surface area contributed by atoms with Gasteiger partial charge in [-0.1, -0.05) is 18.2 Å². The smallest absolute Gasteiger partial charge is 0.323 e. The van der Waals surface area contributed by atoms with E-state index in [1.165, 1.54) is 0 Å². The Morgan fingerprint density at radius 1 is 1.09 bits per heavy atom. The van der Waals surface area contributed by atoms with Gasteiger partial charge in [-0.15, -0.1) is 0 Å². The number of fused-ring (bicyclic) bond motifs is 1. The van der Waals surface area contributed by atoms with E-state index in [1.54, 1.807) is 7.11 Å². The van der Waals surface area contributed by atoms with Crippen LogP contribution in [0.2, 0.25) is 0 Å². The van der Waals surface area contributed by atoms with Crippen molar-refractivity contribution in [1.82, 2.24) is 15.3 Å². The van der Waals surface area contributed by atoms with E-state index in [0.717, 1.165) is 27.9 Å². The maximum atomic E-state index is 12.0. The summed E-state index contributed by atoms with van der Waals surface area (Å²) in [6.07, 6.45) is 0.292. The highest BCUT2D eigenvalue weighted by Gasteiger charge is 2.05. The van der Waals surface area contributed by atoms with Crippen LogP contribution in [0, 0.1) is 0 Å². The van der Waals surface area contributed by atoms with Gasteiger partial charge in [0, 0.05) is 6.54 Å². The number of ether oxygens (including phenoxy) is 1. The van der Waals surface area contributed by atoms with Crippen molar-refractivity contribution in [3.8, 4) is 5.75 Å². The lowest BCUT2D eigenvalue weighted by Crippen LogP contribution is -2.24. The number of nitrogens with one attached hydrogen (secondary N) is 3. The third-order valence-corrected chi connectivity index (χ3v) is 3.57. The monoisotopic (exact) mass is 311 g/mol. The molecule has 3 aromatic rings. The third-order valence-electron chi connectivity index (χ3n) is 3.57. The van der Waals surface area contributed by atoms with Crippen LogP contribution in [0.25, 0.3) is 11.0 Å². The van der Waals surface area contributed by atoms with Crippen molar-refractivity contribution in [2.75, 3.05) is 7.11 Å². The summed E-state index contributed by atoms with van der Waals surface area (Å²) >= 11 is 0. The van der Waals surface area contributed by atoms with Gasteiger partial charge < -0.3 is 20.0 Å². The lowest BCUT2D eigenvalue weighted by molar-refractivity contribution is -0.120. The van der Waals surface area contributed by atoms with E-state index in [1.807, 2.05) is 42.5 Å². The Morgan fingerprint density at radius 3 is 2.74 bits per heavy atom. The number of hydrogen-bond acceptors (Lipinski definition) is 3. The van der Waals surface area contributed by atoms with E-state index >= 15 is 0 Å². The molecular weight excluding hydrogens is 294 g/mol. The molecule has 0 atom stereocenters. The fourth-order valence-electron chi connectivity index (χ4n) is 2.42. The molecule has 1 heterocycles. The first-order valence-corrected chi connectivity index (χ1v) is 7.24. The van der Waals surface area contributed by atoms with Crippen LogP contribution in [-0.4, -0.2) is 23.0 Å². The molecule has 0 fully saturated rings. The zero-order valence-corrected chi connectivity index (χ0v) is 12.7. The summed E-state index contributed by atoms with van der Waals surface area (Å²) in [5.41, 5.74) is 3.06. The zero-order valence-electron chi connectivity index (χ0n) is 12.7. The second-order valence-corrected chi connectivity index (χ2v) is 5.26. The molecule has 23 heavy (non-hydrogen) atoms. The SMILES string of the molecule is COc1cccc(CC(=O)NCc2ccc3[nH]c(=O)[nH]c3c2)c1. The zero-order chi connectivity index (χ0) is 16.2. The molecule has 0 aliphatic rings. The second kappa shape index (κ2) is 6.39.